The number of amides is 1. The van der Waals surface area contributed by atoms with Gasteiger partial charge in [0, 0.05) is 37.8 Å². The Bertz CT molecular complexity index is 1620. The maximum atomic E-state index is 14.4. The Hall–Kier alpha value is -3.97. The maximum Gasteiger partial charge on any atom is 0.335 e. The molecule has 0 aliphatic carbocycles. The Morgan fingerprint density at radius 2 is 1.77 bits per heavy atom. The number of anilines is 1. The fourth-order valence-electron chi connectivity index (χ4n) is 5.70. The SMILES string of the molecule is C[C@@H]1CN([C@H](C)CO)C(=O)c2cc(NS(=O)(=O)c3ccccc3)ccc2O[C@@H](C)CCCCO[C@@H]1CN(C)Cc1ccc(C(=O)O)cc1. The predicted octanol–water partition coefficient (Wildman–Crippen LogP) is 5.11. The number of nitrogens with one attached hydrogen (secondary N) is 1. The lowest BCUT2D eigenvalue weighted by atomic mass is 10.0. The molecular weight excluding hydrogens is 634 g/mol. The van der Waals surface area contributed by atoms with E-state index in [-0.39, 0.29) is 53.0 Å². The first kappa shape index (κ1) is 36.9. The number of carbonyl (C=O) groups is 2. The summed E-state index contributed by atoms with van der Waals surface area (Å²) in [4.78, 5) is 29.4. The van der Waals surface area contributed by atoms with Crippen LogP contribution in [0.1, 0.15) is 66.3 Å². The number of nitrogens with zero attached hydrogens (tertiary/aromatic N) is 2. The summed E-state index contributed by atoms with van der Waals surface area (Å²) in [5, 5.41) is 19.5. The van der Waals surface area contributed by atoms with Gasteiger partial charge in [0.2, 0.25) is 0 Å². The zero-order valence-corrected chi connectivity index (χ0v) is 28.9. The number of carboxylic acids is 1. The van der Waals surface area contributed by atoms with Crippen LogP contribution in [0.5, 0.6) is 5.75 Å². The normalized spacial score (nSPS) is 20.3. The summed E-state index contributed by atoms with van der Waals surface area (Å²) in [6.45, 7) is 7.37. The smallest absolute Gasteiger partial charge is 0.335 e. The predicted molar refractivity (Wildman–Crippen MR) is 184 cm³/mol. The van der Waals surface area contributed by atoms with Gasteiger partial charge in [0.1, 0.15) is 5.75 Å². The number of hydrogen-bond donors (Lipinski definition) is 3. The largest absolute Gasteiger partial charge is 0.490 e. The Kier molecular flexibility index (Phi) is 13.0. The quantitative estimate of drug-likeness (QED) is 0.266. The average molecular weight is 682 g/mol. The second kappa shape index (κ2) is 16.9. The third kappa shape index (κ3) is 10.0. The van der Waals surface area contributed by atoms with E-state index in [1.165, 1.54) is 18.2 Å². The van der Waals surface area contributed by atoms with Crippen LogP contribution in [-0.2, 0) is 21.3 Å². The number of aromatic carboxylic acids is 1. The lowest BCUT2D eigenvalue weighted by Crippen LogP contribution is -2.47. The third-order valence-corrected chi connectivity index (χ3v) is 9.90. The molecule has 12 heteroatoms. The van der Waals surface area contributed by atoms with Crippen LogP contribution in [-0.4, -0.2) is 91.9 Å². The molecule has 1 heterocycles. The summed E-state index contributed by atoms with van der Waals surface area (Å²) in [7, 11) is -1.94. The van der Waals surface area contributed by atoms with E-state index in [4.69, 9.17) is 9.47 Å². The van der Waals surface area contributed by atoms with Crippen LogP contribution < -0.4 is 9.46 Å². The number of aliphatic hydroxyl groups excluding tert-OH is 1. The van der Waals surface area contributed by atoms with Gasteiger partial charge < -0.3 is 24.6 Å². The van der Waals surface area contributed by atoms with Crippen molar-refractivity contribution >= 4 is 27.6 Å². The molecule has 1 amide bonds. The van der Waals surface area contributed by atoms with Gasteiger partial charge in [-0.1, -0.05) is 37.3 Å². The summed E-state index contributed by atoms with van der Waals surface area (Å²) in [5.74, 6) is -1.17. The molecule has 0 bridgehead atoms. The van der Waals surface area contributed by atoms with Gasteiger partial charge in [-0.2, -0.15) is 0 Å². The number of rotatable bonds is 10. The fraction of sp³-hybridized carbons (Fsp3) is 0.444. The van der Waals surface area contributed by atoms with Crippen molar-refractivity contribution in [2.45, 2.75) is 69.7 Å². The molecular formula is C36H47N3O8S. The number of ether oxygens (including phenoxy) is 2. The number of hydrogen-bond acceptors (Lipinski definition) is 8. The number of fused-ring (bicyclic) bond motifs is 1. The molecule has 1 aliphatic rings. The maximum absolute atomic E-state index is 14.4. The van der Waals surface area contributed by atoms with Crippen LogP contribution in [0.4, 0.5) is 5.69 Å². The molecule has 0 spiro atoms. The number of carbonyl (C=O) groups excluding carboxylic acids is 1. The summed E-state index contributed by atoms with van der Waals surface area (Å²) >= 11 is 0. The van der Waals surface area contributed by atoms with Crippen molar-refractivity contribution in [1.82, 2.24) is 9.80 Å². The third-order valence-electron chi connectivity index (χ3n) is 8.50. The number of sulfonamides is 1. The molecule has 4 atom stereocenters. The van der Waals surface area contributed by atoms with Crippen molar-refractivity contribution in [2.75, 3.05) is 38.1 Å². The Morgan fingerprint density at radius 1 is 1.06 bits per heavy atom. The highest BCUT2D eigenvalue weighted by molar-refractivity contribution is 7.92. The minimum atomic E-state index is -3.91. The van der Waals surface area contributed by atoms with Crippen molar-refractivity contribution in [2.24, 2.45) is 5.92 Å². The number of likely N-dealkylation sites (N-methyl/N-ethyl adjacent to an activating group) is 1. The van der Waals surface area contributed by atoms with Gasteiger partial charge in [-0.15, -0.1) is 0 Å². The number of carboxylic acid groups (broad SMARTS) is 1. The summed E-state index contributed by atoms with van der Waals surface area (Å²) < 4.78 is 41.5. The first-order valence-corrected chi connectivity index (χ1v) is 17.8. The van der Waals surface area contributed by atoms with Crippen LogP contribution in [0.25, 0.3) is 0 Å². The van der Waals surface area contributed by atoms with Crippen LogP contribution in [0, 0.1) is 5.92 Å². The van der Waals surface area contributed by atoms with E-state index in [1.54, 1.807) is 66.4 Å². The van der Waals surface area contributed by atoms with Gasteiger partial charge >= 0.3 is 5.97 Å². The van der Waals surface area contributed by atoms with E-state index in [1.807, 2.05) is 20.9 Å². The minimum Gasteiger partial charge on any atom is -0.490 e. The molecule has 0 unspecified atom stereocenters. The molecule has 48 heavy (non-hydrogen) atoms. The van der Waals surface area contributed by atoms with Crippen molar-refractivity contribution < 1.29 is 37.7 Å². The molecule has 0 radical (unpaired) electrons. The van der Waals surface area contributed by atoms with Crippen LogP contribution >= 0.6 is 0 Å². The highest BCUT2D eigenvalue weighted by Crippen LogP contribution is 2.29. The Morgan fingerprint density at radius 3 is 2.44 bits per heavy atom. The average Bonchev–Trinajstić information content (AvgIpc) is 3.06. The second-order valence-electron chi connectivity index (χ2n) is 12.6. The molecule has 0 aromatic heterocycles. The molecule has 0 saturated carbocycles. The Labute approximate surface area is 283 Å². The van der Waals surface area contributed by atoms with Gasteiger partial charge in [0.25, 0.3) is 15.9 Å². The summed E-state index contributed by atoms with van der Waals surface area (Å²) in [6, 6.07) is 18.9. The number of benzene rings is 3. The summed E-state index contributed by atoms with van der Waals surface area (Å²) in [5.41, 5.74) is 1.60. The minimum absolute atomic E-state index is 0.0962. The van der Waals surface area contributed by atoms with E-state index < -0.39 is 27.9 Å². The lowest BCUT2D eigenvalue weighted by Gasteiger charge is -2.36. The molecule has 3 N–H and O–H groups in total. The molecule has 4 rings (SSSR count). The Balaban J connectivity index is 1.61. The van der Waals surface area contributed by atoms with E-state index in [0.29, 0.717) is 25.4 Å². The molecule has 0 saturated heterocycles. The van der Waals surface area contributed by atoms with Gasteiger partial charge in [-0.05, 0) is 88.2 Å². The van der Waals surface area contributed by atoms with Crippen molar-refractivity contribution in [3.8, 4) is 5.75 Å². The van der Waals surface area contributed by atoms with Gasteiger partial charge in [0.05, 0.1) is 40.9 Å². The van der Waals surface area contributed by atoms with E-state index in [0.717, 1.165) is 24.8 Å². The summed E-state index contributed by atoms with van der Waals surface area (Å²) in [6.07, 6.45) is 1.92. The van der Waals surface area contributed by atoms with Gasteiger partial charge in [0.15, 0.2) is 0 Å². The fourth-order valence-corrected chi connectivity index (χ4v) is 6.77. The molecule has 3 aromatic rings. The van der Waals surface area contributed by atoms with Crippen molar-refractivity contribution in [3.63, 3.8) is 0 Å². The van der Waals surface area contributed by atoms with Crippen LogP contribution in [0.15, 0.2) is 77.7 Å². The molecule has 3 aromatic carbocycles. The standard InChI is InChI=1S/C36H47N3O8S/c1-25-21-39(26(2)24-40)35(41)32-20-30(37-48(44,45)31-11-6-5-7-12-31)17-18-33(32)47-27(3)10-8-9-19-46-34(25)23-38(4)22-28-13-15-29(16-14-28)36(42)43/h5-7,11-18,20,25-27,34,37,40H,8-10,19,21-24H2,1-4H3,(H,42,43)/t25-,26-,27+,34-/m1/s1. The molecule has 0 fully saturated rings. The van der Waals surface area contributed by atoms with E-state index in [9.17, 15) is 28.2 Å². The first-order chi connectivity index (χ1) is 22.9. The van der Waals surface area contributed by atoms with Crippen molar-refractivity contribution in [3.05, 3.63) is 89.5 Å². The monoisotopic (exact) mass is 681 g/mol. The van der Waals surface area contributed by atoms with Gasteiger partial charge in [-0.25, -0.2) is 13.2 Å². The molecule has 1 aliphatic heterocycles. The van der Waals surface area contributed by atoms with Gasteiger partial charge in [-0.3, -0.25) is 14.4 Å². The lowest BCUT2D eigenvalue weighted by molar-refractivity contribution is -0.0177. The zero-order chi connectivity index (χ0) is 34.8. The number of aliphatic hydroxyl groups is 1. The van der Waals surface area contributed by atoms with Crippen LogP contribution in [0.3, 0.4) is 0 Å². The first-order valence-electron chi connectivity index (χ1n) is 16.3. The second-order valence-corrected chi connectivity index (χ2v) is 14.3. The highest BCUT2D eigenvalue weighted by Gasteiger charge is 2.30. The van der Waals surface area contributed by atoms with E-state index in [2.05, 4.69) is 9.62 Å². The zero-order valence-electron chi connectivity index (χ0n) is 28.0. The van der Waals surface area contributed by atoms with E-state index >= 15 is 0 Å². The molecule has 260 valence electrons. The van der Waals surface area contributed by atoms with Crippen LogP contribution in [0.2, 0.25) is 0 Å². The highest BCUT2D eigenvalue weighted by atomic mass is 32.2. The molecule has 11 nitrogen and oxygen atoms in total. The van der Waals surface area contributed by atoms with Crippen molar-refractivity contribution in [1.29, 1.82) is 0 Å². The topological polar surface area (TPSA) is 146 Å².